The van der Waals surface area contributed by atoms with Crippen LogP contribution in [0.3, 0.4) is 0 Å². The second-order valence-electron chi connectivity index (χ2n) is 3.75. The van der Waals surface area contributed by atoms with E-state index in [0.29, 0.717) is 12.1 Å². The number of benzene rings is 1. The Balaban J connectivity index is 2.61. The molecule has 0 amide bonds. The third kappa shape index (κ3) is 2.13. The molecular weight excluding hydrogens is 266 g/mol. The standard InChI is InChI=1S/C11H8F2O4S/c1-18(15,16)10-5-8(12)7(4-9(10)13)6-2-3-17-11(6)14/h2,4-5H,3H2,1H3. The Kier molecular flexibility index (Phi) is 2.94. The Labute approximate surface area is 102 Å². The zero-order valence-electron chi connectivity index (χ0n) is 9.24. The molecule has 4 nitrogen and oxygen atoms in total. The normalized spacial score (nSPS) is 15.5. The number of ether oxygens (including phenoxy) is 1. The first kappa shape index (κ1) is 12.7. The number of cyclic esters (lactones) is 1. The first-order chi connectivity index (χ1) is 8.30. The monoisotopic (exact) mass is 274 g/mol. The quantitative estimate of drug-likeness (QED) is 0.763. The molecule has 2 rings (SSSR count). The molecular formula is C11H8F2O4S. The van der Waals surface area contributed by atoms with Crippen LogP contribution in [0, 0.1) is 11.6 Å². The van der Waals surface area contributed by atoms with E-state index >= 15 is 0 Å². The summed E-state index contributed by atoms with van der Waals surface area (Å²) < 4.78 is 54.2. The van der Waals surface area contributed by atoms with Crippen LogP contribution in [0.5, 0.6) is 0 Å². The summed E-state index contributed by atoms with van der Waals surface area (Å²) in [4.78, 5) is 10.5. The van der Waals surface area contributed by atoms with E-state index in [1.54, 1.807) is 0 Å². The van der Waals surface area contributed by atoms with Gasteiger partial charge in [0.05, 0.1) is 5.57 Å². The van der Waals surface area contributed by atoms with E-state index in [0.717, 1.165) is 6.26 Å². The maximum atomic E-state index is 13.7. The van der Waals surface area contributed by atoms with Crippen LogP contribution in [0.25, 0.3) is 5.57 Å². The molecule has 1 heterocycles. The average molecular weight is 274 g/mol. The molecule has 1 aromatic carbocycles. The Bertz CT molecular complexity index is 662. The van der Waals surface area contributed by atoms with Crippen molar-refractivity contribution in [2.75, 3.05) is 12.9 Å². The predicted octanol–water partition coefficient (Wildman–Crippen LogP) is 1.31. The first-order valence-electron chi connectivity index (χ1n) is 4.87. The SMILES string of the molecule is CS(=O)(=O)c1cc(F)c(C2=CCOC2=O)cc1F. The van der Waals surface area contributed by atoms with Crippen molar-refractivity contribution in [3.8, 4) is 0 Å². The highest BCUT2D eigenvalue weighted by Crippen LogP contribution is 2.27. The van der Waals surface area contributed by atoms with Crippen LogP contribution < -0.4 is 0 Å². The topological polar surface area (TPSA) is 60.4 Å². The summed E-state index contributed by atoms with van der Waals surface area (Å²) in [6.45, 7) is -0.0109. The summed E-state index contributed by atoms with van der Waals surface area (Å²) >= 11 is 0. The van der Waals surface area contributed by atoms with Crippen LogP contribution in [0.4, 0.5) is 8.78 Å². The second kappa shape index (κ2) is 4.16. The van der Waals surface area contributed by atoms with E-state index < -0.39 is 32.3 Å². The van der Waals surface area contributed by atoms with Gasteiger partial charge in [-0.25, -0.2) is 22.0 Å². The largest absolute Gasteiger partial charge is 0.458 e. The smallest absolute Gasteiger partial charge is 0.338 e. The molecule has 0 aromatic heterocycles. The second-order valence-corrected chi connectivity index (χ2v) is 5.74. The number of hydrogen-bond donors (Lipinski definition) is 0. The van der Waals surface area contributed by atoms with Gasteiger partial charge in [-0.15, -0.1) is 0 Å². The Hall–Kier alpha value is -1.76. The lowest BCUT2D eigenvalue weighted by molar-refractivity contribution is -0.133. The minimum absolute atomic E-state index is 0.0109. The molecule has 1 aliphatic rings. The summed E-state index contributed by atoms with van der Waals surface area (Å²) in [5.74, 6) is -2.85. The first-order valence-corrected chi connectivity index (χ1v) is 6.76. The van der Waals surface area contributed by atoms with Gasteiger partial charge in [0.25, 0.3) is 0 Å². The fraction of sp³-hybridized carbons (Fsp3) is 0.182. The van der Waals surface area contributed by atoms with Crippen LogP contribution in [0.2, 0.25) is 0 Å². The van der Waals surface area contributed by atoms with E-state index in [1.165, 1.54) is 6.08 Å². The van der Waals surface area contributed by atoms with Gasteiger partial charge in [-0.3, -0.25) is 0 Å². The molecule has 1 aliphatic heterocycles. The lowest BCUT2D eigenvalue weighted by Gasteiger charge is -2.06. The highest BCUT2D eigenvalue weighted by molar-refractivity contribution is 7.90. The Morgan fingerprint density at radius 2 is 1.89 bits per heavy atom. The Morgan fingerprint density at radius 1 is 1.22 bits per heavy atom. The summed E-state index contributed by atoms with van der Waals surface area (Å²) in [5.41, 5.74) is -0.408. The molecule has 0 unspecified atom stereocenters. The minimum atomic E-state index is -3.86. The summed E-state index contributed by atoms with van der Waals surface area (Å²) in [7, 11) is -3.86. The number of carbonyl (C=O) groups excluding carboxylic acids is 1. The molecule has 7 heteroatoms. The summed E-state index contributed by atoms with van der Waals surface area (Å²) in [6, 6.07) is 1.25. The van der Waals surface area contributed by atoms with Crippen LogP contribution in [-0.2, 0) is 19.4 Å². The fourth-order valence-corrected chi connectivity index (χ4v) is 2.33. The van der Waals surface area contributed by atoms with E-state index in [1.807, 2.05) is 0 Å². The van der Waals surface area contributed by atoms with Gasteiger partial charge < -0.3 is 4.74 Å². The van der Waals surface area contributed by atoms with Gasteiger partial charge in [0.2, 0.25) is 0 Å². The van der Waals surface area contributed by atoms with Gasteiger partial charge in [0.1, 0.15) is 23.1 Å². The number of halogens is 2. The van der Waals surface area contributed by atoms with Gasteiger partial charge in [-0.1, -0.05) is 0 Å². The van der Waals surface area contributed by atoms with Crippen molar-refractivity contribution in [2.45, 2.75) is 4.90 Å². The van der Waals surface area contributed by atoms with Gasteiger partial charge >= 0.3 is 5.97 Å². The molecule has 0 saturated carbocycles. The zero-order chi connectivity index (χ0) is 13.5. The zero-order valence-corrected chi connectivity index (χ0v) is 10.1. The van der Waals surface area contributed by atoms with Crippen molar-refractivity contribution in [2.24, 2.45) is 0 Å². The van der Waals surface area contributed by atoms with E-state index in [2.05, 4.69) is 4.74 Å². The average Bonchev–Trinajstić information content (AvgIpc) is 2.66. The molecule has 0 aliphatic carbocycles. The van der Waals surface area contributed by atoms with Gasteiger partial charge in [-0.2, -0.15) is 0 Å². The van der Waals surface area contributed by atoms with Crippen LogP contribution >= 0.6 is 0 Å². The maximum absolute atomic E-state index is 13.7. The Morgan fingerprint density at radius 3 is 2.39 bits per heavy atom. The highest BCUT2D eigenvalue weighted by Gasteiger charge is 2.25. The minimum Gasteiger partial charge on any atom is -0.458 e. The molecule has 0 bridgehead atoms. The van der Waals surface area contributed by atoms with Crippen molar-refractivity contribution in [1.29, 1.82) is 0 Å². The number of sulfone groups is 1. The number of rotatable bonds is 2. The molecule has 1 aromatic rings. The lowest BCUT2D eigenvalue weighted by atomic mass is 10.1. The summed E-state index contributed by atoms with van der Waals surface area (Å²) in [6.07, 6.45) is 2.08. The van der Waals surface area contributed by atoms with Crippen molar-refractivity contribution < 1.29 is 26.7 Å². The van der Waals surface area contributed by atoms with Crippen molar-refractivity contribution >= 4 is 21.4 Å². The molecule has 0 spiro atoms. The number of esters is 1. The number of hydrogen-bond acceptors (Lipinski definition) is 4. The third-order valence-electron chi connectivity index (χ3n) is 2.43. The predicted molar refractivity (Wildman–Crippen MR) is 58.4 cm³/mol. The molecule has 0 radical (unpaired) electrons. The van der Waals surface area contributed by atoms with Gasteiger partial charge in [0, 0.05) is 11.8 Å². The molecule has 0 N–H and O–H groups in total. The lowest BCUT2D eigenvalue weighted by Crippen LogP contribution is -2.06. The molecule has 0 saturated heterocycles. The number of carbonyl (C=O) groups is 1. The van der Waals surface area contributed by atoms with Gasteiger partial charge in [-0.05, 0) is 18.2 Å². The van der Waals surface area contributed by atoms with Crippen LogP contribution in [0.15, 0.2) is 23.1 Å². The van der Waals surface area contributed by atoms with Crippen molar-refractivity contribution in [3.63, 3.8) is 0 Å². The highest BCUT2D eigenvalue weighted by atomic mass is 32.2. The van der Waals surface area contributed by atoms with E-state index in [9.17, 15) is 22.0 Å². The third-order valence-corrected chi connectivity index (χ3v) is 3.54. The van der Waals surface area contributed by atoms with E-state index in [-0.39, 0.29) is 17.7 Å². The molecule has 18 heavy (non-hydrogen) atoms. The molecule has 96 valence electrons. The van der Waals surface area contributed by atoms with Crippen molar-refractivity contribution in [1.82, 2.24) is 0 Å². The van der Waals surface area contributed by atoms with Crippen LogP contribution in [0.1, 0.15) is 5.56 Å². The fourth-order valence-electron chi connectivity index (χ4n) is 1.60. The molecule has 0 atom stereocenters. The maximum Gasteiger partial charge on any atom is 0.338 e. The summed E-state index contributed by atoms with van der Waals surface area (Å²) in [5, 5.41) is 0. The van der Waals surface area contributed by atoms with Crippen LogP contribution in [-0.4, -0.2) is 27.2 Å². The van der Waals surface area contributed by atoms with Crippen molar-refractivity contribution in [3.05, 3.63) is 35.4 Å². The molecule has 0 fully saturated rings. The van der Waals surface area contributed by atoms with Gasteiger partial charge in [0.15, 0.2) is 9.84 Å². The van der Waals surface area contributed by atoms with E-state index in [4.69, 9.17) is 0 Å².